The van der Waals surface area contributed by atoms with Crippen LogP contribution in [-0.4, -0.2) is 23.6 Å². The second-order valence-corrected chi connectivity index (χ2v) is 10.3. The Morgan fingerprint density at radius 1 is 0.931 bits per heavy atom. The zero-order valence-electron chi connectivity index (χ0n) is 16.2. The smallest absolute Gasteiger partial charge is 0.255 e. The van der Waals surface area contributed by atoms with E-state index in [1.54, 1.807) is 18.3 Å². The molecule has 0 saturated heterocycles. The topological polar surface area (TPSA) is 84.8 Å². The molecule has 0 unspecified atom stereocenters. The molecule has 148 valence electrons. The number of rotatable bonds is 4. The molecule has 0 aliphatic heterocycles. The highest BCUT2D eigenvalue weighted by Crippen LogP contribution is 2.31. The number of para-hydroxylation sites is 1. The average molecular weight is 425 g/mol. The molecule has 0 amide bonds. The number of nitrogens with zero attached hydrogens (tertiary/aromatic N) is 3. The molecule has 0 aliphatic rings. The van der Waals surface area contributed by atoms with Gasteiger partial charge in [-0.2, -0.15) is 0 Å². The lowest BCUT2D eigenvalue weighted by molar-refractivity contribution is 0.590. The Balaban J connectivity index is 1.62. The van der Waals surface area contributed by atoms with Crippen LogP contribution in [0.15, 0.2) is 65.7 Å². The first-order valence-corrected chi connectivity index (χ1v) is 11.3. The van der Waals surface area contributed by atoms with Crippen LogP contribution in [0.3, 0.4) is 0 Å². The first-order chi connectivity index (χ1) is 13.7. The van der Waals surface area contributed by atoms with Gasteiger partial charge >= 0.3 is 0 Å². The Morgan fingerprint density at radius 3 is 2.38 bits per heavy atom. The summed E-state index contributed by atoms with van der Waals surface area (Å²) in [6, 6.07) is 16.7. The van der Waals surface area contributed by atoms with Crippen molar-refractivity contribution in [1.29, 1.82) is 0 Å². The van der Waals surface area contributed by atoms with Crippen molar-refractivity contribution in [2.45, 2.75) is 31.1 Å². The van der Waals surface area contributed by atoms with Gasteiger partial charge in [-0.25, -0.2) is 8.42 Å². The minimum Gasteiger partial charge on any atom is -0.255 e. The fourth-order valence-corrected chi connectivity index (χ4v) is 5.12. The molecule has 4 aromatic rings. The highest BCUT2D eigenvalue weighted by molar-refractivity contribution is 7.93. The van der Waals surface area contributed by atoms with Gasteiger partial charge < -0.3 is 0 Å². The van der Waals surface area contributed by atoms with E-state index in [2.05, 4.69) is 52.8 Å². The van der Waals surface area contributed by atoms with Crippen molar-refractivity contribution >= 4 is 37.4 Å². The van der Waals surface area contributed by atoms with Crippen molar-refractivity contribution < 1.29 is 8.42 Å². The van der Waals surface area contributed by atoms with E-state index < -0.39 is 10.0 Å². The Labute approximate surface area is 173 Å². The SMILES string of the molecule is CC(C)(C)c1ccc(-c2nnc(NS(=O)(=O)c3cccc4cccnc34)s2)cc1. The number of hydrogen-bond donors (Lipinski definition) is 1. The van der Waals surface area contributed by atoms with Crippen molar-refractivity contribution in [3.05, 3.63) is 66.4 Å². The number of sulfonamides is 1. The van der Waals surface area contributed by atoms with E-state index in [0.29, 0.717) is 10.5 Å². The van der Waals surface area contributed by atoms with Crippen LogP contribution in [0.5, 0.6) is 0 Å². The van der Waals surface area contributed by atoms with E-state index in [9.17, 15) is 8.42 Å². The maximum absolute atomic E-state index is 12.9. The molecule has 0 spiro atoms. The molecule has 0 atom stereocenters. The molecule has 2 aromatic heterocycles. The molecule has 0 bridgehead atoms. The lowest BCUT2D eigenvalue weighted by Crippen LogP contribution is -2.13. The highest BCUT2D eigenvalue weighted by Gasteiger charge is 2.21. The second-order valence-electron chi connectivity index (χ2n) is 7.68. The summed E-state index contributed by atoms with van der Waals surface area (Å²) in [4.78, 5) is 4.33. The largest absolute Gasteiger partial charge is 0.265 e. The number of hydrogen-bond acceptors (Lipinski definition) is 6. The Bertz CT molecular complexity index is 1270. The molecule has 0 radical (unpaired) electrons. The van der Waals surface area contributed by atoms with Gasteiger partial charge in [-0.3, -0.25) is 9.71 Å². The van der Waals surface area contributed by atoms with Gasteiger partial charge in [-0.15, -0.1) is 10.2 Å². The van der Waals surface area contributed by atoms with Gasteiger partial charge in [0, 0.05) is 17.1 Å². The Hall–Kier alpha value is -2.84. The van der Waals surface area contributed by atoms with Gasteiger partial charge in [-0.1, -0.05) is 74.6 Å². The van der Waals surface area contributed by atoms with Crippen molar-refractivity contribution in [3.8, 4) is 10.6 Å². The lowest BCUT2D eigenvalue weighted by atomic mass is 9.87. The normalized spacial score (nSPS) is 12.2. The Kier molecular flexibility index (Phi) is 4.84. The van der Waals surface area contributed by atoms with Crippen LogP contribution < -0.4 is 4.72 Å². The molecule has 1 N–H and O–H groups in total. The summed E-state index contributed by atoms with van der Waals surface area (Å²) >= 11 is 1.19. The van der Waals surface area contributed by atoms with E-state index in [-0.39, 0.29) is 15.4 Å². The zero-order chi connectivity index (χ0) is 20.6. The van der Waals surface area contributed by atoms with E-state index in [4.69, 9.17) is 0 Å². The third-order valence-electron chi connectivity index (χ3n) is 4.53. The Morgan fingerprint density at radius 2 is 1.66 bits per heavy atom. The second kappa shape index (κ2) is 7.20. The summed E-state index contributed by atoms with van der Waals surface area (Å²) in [5.74, 6) is 0. The monoisotopic (exact) mass is 424 g/mol. The molecule has 0 aliphatic carbocycles. The number of benzene rings is 2. The van der Waals surface area contributed by atoms with Gasteiger partial charge in [-0.05, 0) is 23.1 Å². The van der Waals surface area contributed by atoms with Crippen molar-refractivity contribution in [3.63, 3.8) is 0 Å². The zero-order valence-corrected chi connectivity index (χ0v) is 17.9. The standard InChI is InChI=1S/C21H20N4O2S2/c1-21(2,3)16-11-9-15(10-12-16)19-23-24-20(28-19)25-29(26,27)17-8-4-6-14-7-5-13-22-18(14)17/h4-13H,1-3H3,(H,24,25). The predicted molar refractivity (Wildman–Crippen MR) is 117 cm³/mol. The molecular formula is C21H20N4O2S2. The predicted octanol–water partition coefficient (Wildman–Crippen LogP) is 4.85. The number of nitrogens with one attached hydrogen (secondary N) is 1. The van der Waals surface area contributed by atoms with E-state index in [1.165, 1.54) is 23.0 Å². The molecule has 2 aromatic carbocycles. The third kappa shape index (κ3) is 3.99. The van der Waals surface area contributed by atoms with Gasteiger partial charge in [0.25, 0.3) is 10.0 Å². The summed E-state index contributed by atoms with van der Waals surface area (Å²) in [5, 5.41) is 9.78. The summed E-state index contributed by atoms with van der Waals surface area (Å²) in [7, 11) is -3.84. The molecule has 0 fully saturated rings. The van der Waals surface area contributed by atoms with E-state index in [0.717, 1.165) is 10.9 Å². The van der Waals surface area contributed by atoms with E-state index in [1.807, 2.05) is 24.3 Å². The molecular weight excluding hydrogens is 404 g/mol. The number of anilines is 1. The third-order valence-corrected chi connectivity index (χ3v) is 6.92. The first kappa shape index (κ1) is 19.5. The molecule has 0 saturated carbocycles. The van der Waals surface area contributed by atoms with Gasteiger partial charge in [0.1, 0.15) is 9.90 Å². The quantitative estimate of drug-likeness (QED) is 0.506. The summed E-state index contributed by atoms with van der Waals surface area (Å²) in [6.45, 7) is 6.46. The number of pyridine rings is 1. The van der Waals surface area contributed by atoms with Gasteiger partial charge in [0.2, 0.25) is 5.13 Å². The molecule has 2 heterocycles. The maximum Gasteiger partial charge on any atom is 0.265 e. The fourth-order valence-electron chi connectivity index (χ4n) is 2.96. The minimum atomic E-state index is -3.84. The van der Waals surface area contributed by atoms with Crippen LogP contribution in [0, 0.1) is 0 Å². The first-order valence-electron chi connectivity index (χ1n) is 9.05. The van der Waals surface area contributed by atoms with Gasteiger partial charge in [0.05, 0.1) is 5.52 Å². The fraction of sp³-hybridized carbons (Fsp3) is 0.190. The van der Waals surface area contributed by atoms with Crippen LogP contribution in [0.1, 0.15) is 26.3 Å². The lowest BCUT2D eigenvalue weighted by Gasteiger charge is -2.18. The summed E-state index contributed by atoms with van der Waals surface area (Å²) in [6.07, 6.45) is 1.58. The van der Waals surface area contributed by atoms with Crippen LogP contribution >= 0.6 is 11.3 Å². The van der Waals surface area contributed by atoms with Crippen LogP contribution in [0.2, 0.25) is 0 Å². The molecule has 6 nitrogen and oxygen atoms in total. The molecule has 8 heteroatoms. The molecule has 4 rings (SSSR count). The van der Waals surface area contributed by atoms with Crippen LogP contribution in [0.25, 0.3) is 21.5 Å². The summed E-state index contributed by atoms with van der Waals surface area (Å²) in [5.41, 5.74) is 2.60. The average Bonchev–Trinajstić information content (AvgIpc) is 3.14. The van der Waals surface area contributed by atoms with Crippen molar-refractivity contribution in [2.75, 3.05) is 4.72 Å². The van der Waals surface area contributed by atoms with Crippen molar-refractivity contribution in [2.24, 2.45) is 0 Å². The summed E-state index contributed by atoms with van der Waals surface area (Å²) < 4.78 is 28.3. The van der Waals surface area contributed by atoms with Gasteiger partial charge in [0.15, 0.2) is 0 Å². The van der Waals surface area contributed by atoms with Crippen molar-refractivity contribution in [1.82, 2.24) is 15.2 Å². The number of fused-ring (bicyclic) bond motifs is 1. The van der Waals surface area contributed by atoms with Crippen LogP contribution in [0.4, 0.5) is 5.13 Å². The molecule has 29 heavy (non-hydrogen) atoms. The highest BCUT2D eigenvalue weighted by atomic mass is 32.2. The van der Waals surface area contributed by atoms with Crippen LogP contribution in [-0.2, 0) is 15.4 Å². The van der Waals surface area contributed by atoms with E-state index >= 15 is 0 Å². The number of aromatic nitrogens is 3. The maximum atomic E-state index is 12.9. The minimum absolute atomic E-state index is 0.0624.